The Balaban J connectivity index is 2.14. The number of rotatable bonds is 12. The molecule has 7 nitrogen and oxygen atoms in total. The van der Waals surface area contributed by atoms with Crippen molar-refractivity contribution in [3.63, 3.8) is 0 Å². The molecule has 0 fully saturated rings. The number of aromatic nitrogens is 1. The van der Waals surface area contributed by atoms with Crippen LogP contribution < -0.4 is 5.32 Å². The minimum atomic E-state index is -0.877. The predicted molar refractivity (Wildman–Crippen MR) is 145 cm³/mol. The first-order valence-corrected chi connectivity index (χ1v) is 13.1. The maximum absolute atomic E-state index is 14.9. The molecule has 1 aliphatic heterocycles. The van der Waals surface area contributed by atoms with Gasteiger partial charge in [0.25, 0.3) is 0 Å². The molecule has 0 bridgehead atoms. The third-order valence-corrected chi connectivity index (χ3v) is 7.38. The van der Waals surface area contributed by atoms with Gasteiger partial charge in [-0.2, -0.15) is 0 Å². The van der Waals surface area contributed by atoms with Crippen LogP contribution in [-0.2, 0) is 9.59 Å². The fraction of sp³-hybridized carbons (Fsp3) is 0.464. The molecule has 2 heterocycles. The van der Waals surface area contributed by atoms with Gasteiger partial charge in [0, 0.05) is 49.6 Å². The molecule has 10 heteroatoms. The van der Waals surface area contributed by atoms with Crippen molar-refractivity contribution < 1.29 is 18.4 Å². The quantitative estimate of drug-likeness (QED) is 0.397. The Bertz CT molecular complexity index is 1140. The van der Waals surface area contributed by atoms with Crippen LogP contribution in [0.1, 0.15) is 32.5 Å². The summed E-state index contributed by atoms with van der Waals surface area (Å²) >= 11 is 6.75. The lowest BCUT2D eigenvalue weighted by atomic mass is 9.84. The highest BCUT2D eigenvalue weighted by molar-refractivity contribution is 6.30. The highest BCUT2D eigenvalue weighted by Crippen LogP contribution is 2.42. The van der Waals surface area contributed by atoms with Gasteiger partial charge in [0.2, 0.25) is 12.8 Å². The van der Waals surface area contributed by atoms with Crippen LogP contribution in [0.5, 0.6) is 0 Å². The molecular weight excluding hydrogens is 512 g/mol. The predicted octanol–water partition coefficient (Wildman–Crippen LogP) is 4.22. The SMILES string of the molecule is CNCCN(C=O)CC(C)C1=C(N(C=O)C2C=CC=CC2C(C)C)N(C)C(c2ncc(F)cc2F)C(Cl)=C1. The normalized spacial score (nSPS) is 22.0. The summed E-state index contributed by atoms with van der Waals surface area (Å²) in [6.45, 7) is 7.66. The van der Waals surface area contributed by atoms with Crippen molar-refractivity contribution in [2.45, 2.75) is 32.9 Å². The van der Waals surface area contributed by atoms with E-state index in [1.807, 2.05) is 32.2 Å². The number of hydrogen-bond acceptors (Lipinski definition) is 5. The zero-order valence-corrected chi connectivity index (χ0v) is 23.2. The molecule has 0 spiro atoms. The van der Waals surface area contributed by atoms with Gasteiger partial charge in [0.15, 0.2) is 0 Å². The molecule has 2 amide bonds. The lowest BCUT2D eigenvalue weighted by Gasteiger charge is -2.45. The third-order valence-electron chi connectivity index (χ3n) is 7.06. The van der Waals surface area contributed by atoms with Crippen LogP contribution in [-0.4, -0.2) is 72.3 Å². The lowest BCUT2D eigenvalue weighted by molar-refractivity contribution is -0.120. The van der Waals surface area contributed by atoms with Crippen molar-refractivity contribution in [2.24, 2.45) is 17.8 Å². The lowest BCUT2D eigenvalue weighted by Crippen LogP contribution is -2.47. The molecule has 38 heavy (non-hydrogen) atoms. The number of halogens is 3. The summed E-state index contributed by atoms with van der Waals surface area (Å²) in [5, 5.41) is 3.31. The smallest absolute Gasteiger partial charge is 0.215 e. The molecule has 1 aromatic rings. The molecule has 206 valence electrons. The van der Waals surface area contributed by atoms with E-state index in [-0.39, 0.29) is 34.5 Å². The van der Waals surface area contributed by atoms with Crippen LogP contribution in [0.4, 0.5) is 8.78 Å². The molecule has 4 unspecified atom stereocenters. The van der Waals surface area contributed by atoms with Crippen molar-refractivity contribution in [1.82, 2.24) is 25.0 Å². The number of amides is 2. The molecule has 0 radical (unpaired) electrons. The molecule has 2 aliphatic rings. The van der Waals surface area contributed by atoms with Gasteiger partial charge in [-0.15, -0.1) is 0 Å². The topological polar surface area (TPSA) is 68.8 Å². The Morgan fingerprint density at radius 1 is 1.18 bits per heavy atom. The van der Waals surface area contributed by atoms with E-state index in [1.165, 1.54) is 0 Å². The number of pyridine rings is 1. The van der Waals surface area contributed by atoms with Gasteiger partial charge in [-0.05, 0) is 24.6 Å². The third kappa shape index (κ3) is 6.32. The zero-order chi connectivity index (χ0) is 28.0. The molecular formula is C28H36ClF2N5O2. The van der Waals surface area contributed by atoms with Crippen LogP contribution in [0, 0.1) is 29.4 Å². The maximum atomic E-state index is 14.9. The summed E-state index contributed by atoms with van der Waals surface area (Å²) in [7, 11) is 3.53. The minimum absolute atomic E-state index is 0.0327. The molecule has 1 aromatic heterocycles. The number of likely N-dealkylation sites (N-methyl/N-ethyl adjacent to an activating group) is 2. The van der Waals surface area contributed by atoms with Gasteiger partial charge >= 0.3 is 0 Å². The molecule has 3 rings (SSSR count). The molecule has 4 atom stereocenters. The average molecular weight is 548 g/mol. The van der Waals surface area contributed by atoms with Gasteiger partial charge in [-0.3, -0.25) is 19.5 Å². The van der Waals surface area contributed by atoms with Gasteiger partial charge in [0.05, 0.1) is 12.2 Å². The van der Waals surface area contributed by atoms with Crippen molar-refractivity contribution in [1.29, 1.82) is 0 Å². The Hall–Kier alpha value is -3.04. The second kappa shape index (κ2) is 13.2. The van der Waals surface area contributed by atoms with Crippen LogP contribution in [0.25, 0.3) is 0 Å². The highest BCUT2D eigenvalue weighted by Gasteiger charge is 2.39. The number of carbonyl (C=O) groups excluding carboxylic acids is 2. The average Bonchev–Trinajstić information content (AvgIpc) is 2.89. The molecule has 1 N–H and O–H groups in total. The molecule has 0 saturated carbocycles. The maximum Gasteiger partial charge on any atom is 0.215 e. The fourth-order valence-electron chi connectivity index (χ4n) is 5.10. The van der Waals surface area contributed by atoms with Crippen molar-refractivity contribution >= 4 is 24.4 Å². The number of nitrogens with zero attached hydrogens (tertiary/aromatic N) is 4. The van der Waals surface area contributed by atoms with E-state index < -0.39 is 17.7 Å². The summed E-state index contributed by atoms with van der Waals surface area (Å²) in [6.07, 6.45) is 12.2. The Morgan fingerprint density at radius 2 is 1.89 bits per heavy atom. The summed E-state index contributed by atoms with van der Waals surface area (Å²) in [4.78, 5) is 33.6. The standard InChI is InChI=1S/C28H36ClF2N5O2/c1-18(2)21-8-6-7-9-25(21)36(17-38)28-22(19(3)15-35(16-37)11-10-32-4)13-23(29)27(34(28)5)26-24(31)12-20(30)14-33-26/h6-9,12-14,16-19,21,25,27,32H,10-11,15H2,1-5H3. The summed E-state index contributed by atoms with van der Waals surface area (Å²) in [5.74, 6) is -1.05. The fourth-order valence-corrected chi connectivity index (χ4v) is 5.47. The van der Waals surface area contributed by atoms with Gasteiger partial charge in [0.1, 0.15) is 29.2 Å². The van der Waals surface area contributed by atoms with Crippen molar-refractivity contribution in [3.8, 4) is 0 Å². The second-order valence-electron chi connectivity index (χ2n) is 10.0. The number of hydrogen-bond donors (Lipinski definition) is 1. The highest BCUT2D eigenvalue weighted by atomic mass is 35.5. The largest absolute Gasteiger partial charge is 0.347 e. The van der Waals surface area contributed by atoms with E-state index in [9.17, 15) is 18.4 Å². The van der Waals surface area contributed by atoms with Gasteiger partial charge < -0.3 is 15.1 Å². The van der Waals surface area contributed by atoms with Crippen LogP contribution in [0.2, 0.25) is 0 Å². The number of allylic oxidation sites excluding steroid dienone is 3. The Morgan fingerprint density at radius 3 is 2.50 bits per heavy atom. The Labute approximate surface area is 228 Å². The van der Waals surface area contributed by atoms with E-state index in [0.29, 0.717) is 25.5 Å². The van der Waals surface area contributed by atoms with Gasteiger partial charge in [-0.1, -0.05) is 56.7 Å². The van der Waals surface area contributed by atoms with Crippen LogP contribution in [0.15, 0.2) is 59.1 Å². The van der Waals surface area contributed by atoms with Crippen LogP contribution in [0.3, 0.4) is 0 Å². The second-order valence-corrected chi connectivity index (χ2v) is 10.5. The van der Waals surface area contributed by atoms with E-state index >= 15 is 0 Å². The monoisotopic (exact) mass is 547 g/mol. The summed E-state index contributed by atoms with van der Waals surface area (Å²) in [5.41, 5.74) is 0.679. The number of carbonyl (C=O) groups is 2. The first-order valence-electron chi connectivity index (χ1n) is 12.7. The zero-order valence-electron chi connectivity index (χ0n) is 22.4. The van der Waals surface area contributed by atoms with Gasteiger partial charge in [-0.25, -0.2) is 8.78 Å². The van der Waals surface area contributed by atoms with Crippen molar-refractivity contribution in [3.05, 3.63) is 76.4 Å². The summed E-state index contributed by atoms with van der Waals surface area (Å²) in [6, 6.07) is -0.412. The van der Waals surface area contributed by atoms with Crippen LogP contribution >= 0.6 is 11.6 Å². The molecule has 0 saturated heterocycles. The summed E-state index contributed by atoms with van der Waals surface area (Å²) < 4.78 is 28.6. The van der Waals surface area contributed by atoms with E-state index in [0.717, 1.165) is 30.7 Å². The minimum Gasteiger partial charge on any atom is -0.347 e. The van der Waals surface area contributed by atoms with E-state index in [4.69, 9.17) is 11.6 Å². The molecule has 1 aliphatic carbocycles. The number of nitrogens with one attached hydrogen (secondary N) is 1. The van der Waals surface area contributed by atoms with E-state index in [2.05, 4.69) is 30.2 Å². The molecule has 0 aromatic carbocycles. The Kier molecular flexibility index (Phi) is 10.2. The van der Waals surface area contributed by atoms with E-state index in [1.54, 1.807) is 27.8 Å². The first kappa shape index (κ1) is 29.5. The van der Waals surface area contributed by atoms with Crippen molar-refractivity contribution in [2.75, 3.05) is 33.7 Å². The first-order chi connectivity index (χ1) is 18.1.